The molecule has 13 rings (SSSR count). The highest BCUT2D eigenvalue weighted by Gasteiger charge is 2.22. The highest BCUT2D eigenvalue weighted by Crippen LogP contribution is 2.44. The van der Waals surface area contributed by atoms with Crippen LogP contribution in [0, 0.1) is 0 Å². The molecule has 0 atom stereocenters. The Kier molecular flexibility index (Phi) is 5.39. The number of hydrogen-bond acceptors (Lipinski definition) is 4. The van der Waals surface area contributed by atoms with Gasteiger partial charge in [-0.25, -0.2) is 15.0 Å². The van der Waals surface area contributed by atoms with Crippen molar-refractivity contribution in [2.45, 2.75) is 0 Å². The van der Waals surface area contributed by atoms with E-state index >= 15 is 0 Å². The van der Waals surface area contributed by atoms with Crippen molar-refractivity contribution in [1.82, 2.24) is 19.5 Å². The Balaban J connectivity index is 1.22. The second kappa shape index (κ2) is 13.6. The van der Waals surface area contributed by atoms with Gasteiger partial charge in [0.1, 0.15) is 11.2 Å². The fourth-order valence-electron chi connectivity index (χ4n) is 8.87. The third-order valence-corrected chi connectivity index (χ3v) is 11.6. The summed E-state index contributed by atoms with van der Waals surface area (Å²) in [5, 5.41) is 6.40. The number of para-hydroxylation sites is 3. The van der Waals surface area contributed by atoms with Gasteiger partial charge in [0.25, 0.3) is 0 Å². The minimum absolute atomic E-state index is 0.102. The molecular formula is C57H34N4O. The minimum Gasteiger partial charge on any atom is -0.456 e. The van der Waals surface area contributed by atoms with E-state index in [1.807, 2.05) is 133 Å². The van der Waals surface area contributed by atoms with Crippen LogP contribution in [0.3, 0.4) is 0 Å². The Bertz CT molecular complexity index is 4620. The van der Waals surface area contributed by atoms with Crippen LogP contribution in [0.1, 0.15) is 16.4 Å². The average Bonchev–Trinajstić information content (AvgIpc) is 4.01. The highest BCUT2D eigenvalue weighted by molar-refractivity contribution is 6.27. The number of benzene rings is 10. The lowest BCUT2D eigenvalue weighted by Gasteiger charge is -2.17. The predicted molar refractivity (Wildman–Crippen MR) is 256 cm³/mol. The van der Waals surface area contributed by atoms with Gasteiger partial charge in [0.15, 0.2) is 17.5 Å². The monoisotopic (exact) mass is 802 g/mol. The number of furan rings is 1. The molecule has 5 nitrogen and oxygen atoms in total. The topological polar surface area (TPSA) is 56.7 Å². The van der Waals surface area contributed by atoms with Crippen molar-refractivity contribution < 1.29 is 20.9 Å². The number of hydrogen-bond donors (Lipinski definition) is 0. The summed E-state index contributed by atoms with van der Waals surface area (Å²) in [6.07, 6.45) is 0. The first-order valence-electron chi connectivity index (χ1n) is 26.0. The quantitative estimate of drug-likeness (QED) is 0.163. The van der Waals surface area contributed by atoms with Crippen molar-refractivity contribution >= 4 is 76.1 Å². The maximum atomic E-state index is 10.3. The summed E-state index contributed by atoms with van der Waals surface area (Å²) in [5.41, 5.74) is 1.97. The van der Waals surface area contributed by atoms with Crippen LogP contribution in [0.2, 0.25) is 0 Å². The molecule has 3 aromatic heterocycles. The zero-order chi connectivity index (χ0) is 51.2. The van der Waals surface area contributed by atoms with E-state index in [2.05, 4.69) is 0 Å². The van der Waals surface area contributed by atoms with Crippen molar-refractivity contribution in [3.8, 4) is 51.0 Å². The van der Waals surface area contributed by atoms with Gasteiger partial charge in [-0.1, -0.05) is 151 Å². The van der Waals surface area contributed by atoms with E-state index in [1.165, 1.54) is 0 Å². The van der Waals surface area contributed by atoms with Crippen LogP contribution in [0.25, 0.3) is 127 Å². The summed E-state index contributed by atoms with van der Waals surface area (Å²) in [4.78, 5) is 15.6. The molecule has 0 unspecified atom stereocenters. The second-order valence-electron chi connectivity index (χ2n) is 15.0. The van der Waals surface area contributed by atoms with Gasteiger partial charge in [-0.3, -0.25) is 0 Å². The Morgan fingerprint density at radius 2 is 0.968 bits per heavy atom. The molecule has 0 spiro atoms. The molecule has 288 valence electrons. The van der Waals surface area contributed by atoms with Gasteiger partial charge in [0.2, 0.25) is 0 Å². The van der Waals surface area contributed by atoms with Crippen LogP contribution in [0.4, 0.5) is 0 Å². The molecule has 13 aromatic rings. The maximum absolute atomic E-state index is 10.3. The van der Waals surface area contributed by atoms with Crippen LogP contribution >= 0.6 is 0 Å². The molecule has 0 radical (unpaired) electrons. The molecule has 10 aromatic carbocycles. The smallest absolute Gasteiger partial charge is 0.164 e. The molecule has 5 heteroatoms. The van der Waals surface area contributed by atoms with E-state index < -0.39 is 78.2 Å². The number of fused-ring (bicyclic) bond motifs is 12. The van der Waals surface area contributed by atoms with Crippen LogP contribution in [0.15, 0.2) is 210 Å². The van der Waals surface area contributed by atoms with Crippen LogP contribution < -0.4 is 0 Å². The van der Waals surface area contributed by atoms with Crippen molar-refractivity contribution in [3.05, 3.63) is 206 Å². The van der Waals surface area contributed by atoms with Gasteiger partial charge in [0.05, 0.1) is 27.5 Å². The Morgan fingerprint density at radius 1 is 0.387 bits per heavy atom. The third-order valence-electron chi connectivity index (χ3n) is 11.6. The summed E-state index contributed by atoms with van der Waals surface area (Å²) in [7, 11) is 0. The summed E-state index contributed by atoms with van der Waals surface area (Å²) in [6, 6.07) is 34.8. The molecule has 0 saturated carbocycles. The lowest BCUT2D eigenvalue weighted by atomic mass is 9.89. The van der Waals surface area contributed by atoms with Crippen molar-refractivity contribution in [1.29, 1.82) is 0 Å². The second-order valence-corrected chi connectivity index (χ2v) is 15.0. The van der Waals surface area contributed by atoms with Gasteiger partial charge in [-0.2, -0.15) is 0 Å². The van der Waals surface area contributed by atoms with Gasteiger partial charge >= 0.3 is 0 Å². The van der Waals surface area contributed by atoms with Crippen molar-refractivity contribution in [3.63, 3.8) is 0 Å². The minimum atomic E-state index is -0.721. The molecule has 0 aliphatic rings. The lowest BCUT2D eigenvalue weighted by Crippen LogP contribution is -2.02. The largest absolute Gasteiger partial charge is 0.456 e. The molecule has 0 N–H and O–H groups in total. The zero-order valence-corrected chi connectivity index (χ0v) is 32.4. The number of rotatable bonds is 5. The Labute approximate surface area is 372 Å². The van der Waals surface area contributed by atoms with Crippen LogP contribution in [-0.4, -0.2) is 19.5 Å². The third kappa shape index (κ3) is 5.25. The van der Waals surface area contributed by atoms with E-state index in [1.54, 1.807) is 0 Å². The van der Waals surface area contributed by atoms with E-state index in [9.17, 15) is 6.85 Å². The average molecular weight is 803 g/mol. The zero-order valence-electron chi connectivity index (χ0n) is 44.4. The van der Waals surface area contributed by atoms with E-state index in [0.717, 1.165) is 47.7 Å². The highest BCUT2D eigenvalue weighted by atomic mass is 16.3. The van der Waals surface area contributed by atoms with Gasteiger partial charge in [-0.05, 0) is 97.9 Å². The lowest BCUT2D eigenvalue weighted by molar-refractivity contribution is 0.669. The summed E-state index contributed by atoms with van der Waals surface area (Å²) < 4.78 is 117. The maximum Gasteiger partial charge on any atom is 0.164 e. The summed E-state index contributed by atoms with van der Waals surface area (Å²) in [6.45, 7) is 0. The number of aromatic nitrogens is 4. The molecule has 62 heavy (non-hydrogen) atoms. The first-order chi connectivity index (χ1) is 35.7. The molecule has 0 aliphatic heterocycles. The molecule has 0 amide bonds. The Morgan fingerprint density at radius 3 is 1.73 bits per heavy atom. The van der Waals surface area contributed by atoms with Crippen LogP contribution in [0.5, 0.6) is 0 Å². The standard InChI is InChI=1S/C57H34N4O/c1-3-16-35(17-4-1)55-58-56(44-26-15-29-53-54(44)43-25-12-14-28-52(43)62-53)60-57(59-55)49-34-47-41-23-10-8-21-39(41)38-20-7-9-22-40(38)46(47)33-45(49)36-30-31-51-48(32-36)42-24-11-13-27-50(42)61(51)37-18-5-2-6-19-37/h1-34H/i2D,5D,6D,11D,13D,18D,19D,24D,27D,30D,31D,32D. The first kappa shape index (κ1) is 24.6. The predicted octanol–water partition coefficient (Wildman–Crippen LogP) is 15.0. The van der Waals surface area contributed by atoms with E-state index in [-0.39, 0.29) is 38.8 Å². The normalized spacial score (nSPS) is 14.6. The fraction of sp³-hybridized carbons (Fsp3) is 0. The van der Waals surface area contributed by atoms with E-state index in [4.69, 9.17) is 29.0 Å². The van der Waals surface area contributed by atoms with Crippen LogP contribution in [-0.2, 0) is 0 Å². The van der Waals surface area contributed by atoms with Gasteiger partial charge in [0, 0.05) is 43.9 Å². The fourth-order valence-corrected chi connectivity index (χ4v) is 8.87. The summed E-state index contributed by atoms with van der Waals surface area (Å²) in [5.74, 6) is 0.768. The van der Waals surface area contributed by atoms with E-state index in [0.29, 0.717) is 39.5 Å². The van der Waals surface area contributed by atoms with Gasteiger partial charge in [-0.15, -0.1) is 0 Å². The van der Waals surface area contributed by atoms with Crippen molar-refractivity contribution in [2.24, 2.45) is 0 Å². The van der Waals surface area contributed by atoms with Gasteiger partial charge < -0.3 is 8.98 Å². The molecule has 3 heterocycles. The van der Waals surface area contributed by atoms with Crippen molar-refractivity contribution in [2.75, 3.05) is 0 Å². The Hall–Kier alpha value is -8.41. The number of nitrogens with zero attached hydrogens (tertiary/aromatic N) is 4. The SMILES string of the molecule is [2H]c1c([2H])c([2H])c(-n2c3c([2H])c([2H])c([2H])c([2H])c3c3c([2H])c(-c4cc5c6ccccc6c6ccccc6c5cc4-c4nc(-c5ccccc5)nc(-c5cccc6oc7ccccc7c56)n4)c([2H])c([2H])c32)c([2H])c1[2H]. The molecule has 0 fully saturated rings. The molecule has 0 saturated heterocycles. The summed E-state index contributed by atoms with van der Waals surface area (Å²) >= 11 is 0. The molecule has 0 bridgehead atoms. The molecule has 0 aliphatic carbocycles. The first-order valence-corrected chi connectivity index (χ1v) is 20.0. The molecular weight excluding hydrogens is 757 g/mol.